The Kier molecular flexibility index (Phi) is 4.51. The molecule has 1 atom stereocenters. The van der Waals surface area contributed by atoms with Crippen molar-refractivity contribution in [1.82, 2.24) is 0 Å². The van der Waals surface area contributed by atoms with Gasteiger partial charge in [0.2, 0.25) is 11.8 Å². The van der Waals surface area contributed by atoms with E-state index in [1.54, 1.807) is 12.0 Å². The molecule has 1 N–H and O–H groups in total. The SMILES string of the molecule is COc1ccc(CC(=O)N2c3ccccc3NC(=O)CC2C)cc1. The van der Waals surface area contributed by atoms with Crippen LogP contribution >= 0.6 is 0 Å². The van der Waals surface area contributed by atoms with Crippen molar-refractivity contribution in [3.8, 4) is 5.75 Å². The number of fused-ring (bicyclic) bond motifs is 1. The Balaban J connectivity index is 1.88. The van der Waals surface area contributed by atoms with Crippen LogP contribution in [0.4, 0.5) is 11.4 Å². The van der Waals surface area contributed by atoms with Gasteiger partial charge in [-0.2, -0.15) is 0 Å². The zero-order valence-corrected chi connectivity index (χ0v) is 13.8. The minimum absolute atomic E-state index is 0.0309. The van der Waals surface area contributed by atoms with E-state index in [0.29, 0.717) is 5.69 Å². The van der Waals surface area contributed by atoms with Gasteiger partial charge in [0, 0.05) is 12.5 Å². The number of nitrogens with one attached hydrogen (secondary N) is 1. The molecule has 24 heavy (non-hydrogen) atoms. The molecule has 5 nitrogen and oxygen atoms in total. The minimum Gasteiger partial charge on any atom is -0.497 e. The summed E-state index contributed by atoms with van der Waals surface area (Å²) >= 11 is 0. The summed E-state index contributed by atoms with van der Waals surface area (Å²) < 4.78 is 5.14. The molecule has 124 valence electrons. The molecular formula is C19H20N2O3. The largest absolute Gasteiger partial charge is 0.497 e. The van der Waals surface area contributed by atoms with Crippen molar-refractivity contribution in [2.45, 2.75) is 25.8 Å². The molecule has 2 amide bonds. The monoisotopic (exact) mass is 324 g/mol. The summed E-state index contributed by atoms with van der Waals surface area (Å²) in [4.78, 5) is 26.6. The Bertz CT molecular complexity index is 755. The van der Waals surface area contributed by atoms with Gasteiger partial charge in [-0.15, -0.1) is 0 Å². The topological polar surface area (TPSA) is 58.6 Å². The maximum Gasteiger partial charge on any atom is 0.231 e. The molecule has 0 saturated heterocycles. The number of hydrogen-bond acceptors (Lipinski definition) is 3. The summed E-state index contributed by atoms with van der Waals surface area (Å²) in [6.45, 7) is 1.90. The standard InChI is InChI=1S/C19H20N2O3/c1-13-11-18(22)20-16-5-3-4-6-17(16)21(13)19(23)12-14-7-9-15(24-2)10-8-14/h3-10,13H,11-12H2,1-2H3,(H,20,22). The third-order valence-corrected chi connectivity index (χ3v) is 4.14. The molecular weight excluding hydrogens is 304 g/mol. The average molecular weight is 324 g/mol. The molecule has 0 radical (unpaired) electrons. The lowest BCUT2D eigenvalue weighted by Gasteiger charge is -2.28. The lowest BCUT2D eigenvalue weighted by Crippen LogP contribution is -2.40. The second-order valence-electron chi connectivity index (χ2n) is 5.91. The van der Waals surface area contributed by atoms with E-state index in [4.69, 9.17) is 4.74 Å². The lowest BCUT2D eigenvalue weighted by atomic mass is 10.1. The number of anilines is 2. The third-order valence-electron chi connectivity index (χ3n) is 4.14. The second kappa shape index (κ2) is 6.74. The zero-order valence-electron chi connectivity index (χ0n) is 13.8. The van der Waals surface area contributed by atoms with Gasteiger partial charge in [-0.3, -0.25) is 9.59 Å². The van der Waals surface area contributed by atoms with Gasteiger partial charge in [0.05, 0.1) is 24.9 Å². The molecule has 1 unspecified atom stereocenters. The Labute approximate surface area is 141 Å². The number of carbonyl (C=O) groups excluding carboxylic acids is 2. The molecule has 1 aliphatic rings. The fourth-order valence-corrected chi connectivity index (χ4v) is 2.97. The Morgan fingerprint density at radius 3 is 2.62 bits per heavy atom. The first-order valence-corrected chi connectivity index (χ1v) is 7.92. The number of nitrogens with zero attached hydrogens (tertiary/aromatic N) is 1. The normalized spacial score (nSPS) is 16.8. The summed E-state index contributed by atoms with van der Waals surface area (Å²) in [5.74, 6) is 0.654. The highest BCUT2D eigenvalue weighted by atomic mass is 16.5. The third kappa shape index (κ3) is 3.25. The Morgan fingerprint density at radius 1 is 1.21 bits per heavy atom. The first-order chi connectivity index (χ1) is 11.6. The molecule has 0 spiro atoms. The highest BCUT2D eigenvalue weighted by molar-refractivity contribution is 6.04. The number of amides is 2. The molecule has 3 rings (SSSR count). The Morgan fingerprint density at radius 2 is 1.92 bits per heavy atom. The lowest BCUT2D eigenvalue weighted by molar-refractivity contribution is -0.118. The molecule has 5 heteroatoms. The van der Waals surface area contributed by atoms with Crippen LogP contribution in [0.25, 0.3) is 0 Å². The van der Waals surface area contributed by atoms with Crippen LogP contribution in [0.5, 0.6) is 5.75 Å². The quantitative estimate of drug-likeness (QED) is 0.944. The first kappa shape index (κ1) is 16.1. The van der Waals surface area contributed by atoms with Crippen molar-refractivity contribution < 1.29 is 14.3 Å². The fraction of sp³-hybridized carbons (Fsp3) is 0.263. The van der Waals surface area contributed by atoms with Crippen LogP contribution in [-0.2, 0) is 16.0 Å². The molecule has 0 aliphatic carbocycles. The van der Waals surface area contributed by atoms with Gasteiger partial charge in [-0.1, -0.05) is 24.3 Å². The summed E-state index contributed by atoms with van der Waals surface area (Å²) in [5, 5.41) is 2.87. The van der Waals surface area contributed by atoms with Gasteiger partial charge >= 0.3 is 0 Å². The first-order valence-electron chi connectivity index (χ1n) is 7.92. The molecule has 1 heterocycles. The van der Waals surface area contributed by atoms with Crippen LogP contribution in [-0.4, -0.2) is 25.0 Å². The Hall–Kier alpha value is -2.82. The van der Waals surface area contributed by atoms with Crippen molar-refractivity contribution in [1.29, 1.82) is 0 Å². The molecule has 0 aromatic heterocycles. The maximum absolute atomic E-state index is 12.9. The predicted octanol–water partition coefficient (Wildman–Crippen LogP) is 3.00. The minimum atomic E-state index is -0.195. The number of ether oxygens (including phenoxy) is 1. The van der Waals surface area contributed by atoms with E-state index >= 15 is 0 Å². The maximum atomic E-state index is 12.9. The summed E-state index contributed by atoms with van der Waals surface area (Å²) in [5.41, 5.74) is 2.33. The van der Waals surface area contributed by atoms with Gasteiger partial charge in [0.25, 0.3) is 0 Å². The van der Waals surface area contributed by atoms with Gasteiger partial charge in [-0.05, 0) is 36.8 Å². The van der Waals surface area contributed by atoms with Crippen molar-refractivity contribution in [2.24, 2.45) is 0 Å². The fourth-order valence-electron chi connectivity index (χ4n) is 2.97. The number of benzene rings is 2. The van der Waals surface area contributed by atoms with Crippen LogP contribution in [0.2, 0.25) is 0 Å². The highest BCUT2D eigenvalue weighted by Crippen LogP contribution is 2.31. The molecule has 0 fully saturated rings. The van der Waals surface area contributed by atoms with E-state index in [9.17, 15) is 9.59 Å². The van der Waals surface area contributed by atoms with Crippen molar-refractivity contribution >= 4 is 23.2 Å². The molecule has 0 bridgehead atoms. The average Bonchev–Trinajstić information content (AvgIpc) is 2.69. The molecule has 0 saturated carbocycles. The summed E-state index contributed by atoms with van der Waals surface area (Å²) in [7, 11) is 1.61. The van der Waals surface area contributed by atoms with E-state index in [0.717, 1.165) is 17.0 Å². The van der Waals surface area contributed by atoms with Crippen LogP contribution < -0.4 is 15.0 Å². The molecule has 2 aromatic rings. The number of carbonyl (C=O) groups is 2. The van der Waals surface area contributed by atoms with Crippen LogP contribution in [0.15, 0.2) is 48.5 Å². The van der Waals surface area contributed by atoms with Crippen LogP contribution in [0, 0.1) is 0 Å². The van der Waals surface area contributed by atoms with Gasteiger partial charge < -0.3 is 15.0 Å². The van der Waals surface area contributed by atoms with Crippen molar-refractivity contribution in [3.05, 3.63) is 54.1 Å². The van der Waals surface area contributed by atoms with Gasteiger partial charge in [-0.25, -0.2) is 0 Å². The van der Waals surface area contributed by atoms with Crippen LogP contribution in [0.1, 0.15) is 18.9 Å². The molecule has 2 aromatic carbocycles. The van der Waals surface area contributed by atoms with Gasteiger partial charge in [0.1, 0.15) is 5.75 Å². The van der Waals surface area contributed by atoms with Crippen molar-refractivity contribution in [2.75, 3.05) is 17.3 Å². The number of methoxy groups -OCH3 is 1. The van der Waals surface area contributed by atoms with Crippen molar-refractivity contribution in [3.63, 3.8) is 0 Å². The van der Waals surface area contributed by atoms with E-state index in [-0.39, 0.29) is 30.7 Å². The number of hydrogen-bond donors (Lipinski definition) is 1. The number of rotatable bonds is 3. The molecule has 1 aliphatic heterocycles. The highest BCUT2D eigenvalue weighted by Gasteiger charge is 2.29. The van der Waals surface area contributed by atoms with Crippen LogP contribution in [0.3, 0.4) is 0 Å². The number of para-hydroxylation sites is 2. The van der Waals surface area contributed by atoms with E-state index < -0.39 is 0 Å². The predicted molar refractivity (Wildman–Crippen MR) is 93.3 cm³/mol. The van der Waals surface area contributed by atoms with E-state index in [1.165, 1.54) is 0 Å². The summed E-state index contributed by atoms with van der Waals surface area (Å²) in [6, 6.07) is 14.7. The zero-order chi connectivity index (χ0) is 17.1. The second-order valence-corrected chi connectivity index (χ2v) is 5.91. The van der Waals surface area contributed by atoms with Gasteiger partial charge in [0.15, 0.2) is 0 Å². The van der Waals surface area contributed by atoms with E-state index in [1.807, 2.05) is 55.5 Å². The smallest absolute Gasteiger partial charge is 0.231 e. The summed E-state index contributed by atoms with van der Waals surface area (Å²) in [6.07, 6.45) is 0.555. The van der Waals surface area contributed by atoms with E-state index in [2.05, 4.69) is 5.32 Å².